The fraction of sp³-hybridized carbons (Fsp3) is 0.435. The maximum atomic E-state index is 13.0. The molecule has 3 aromatic rings. The van der Waals surface area contributed by atoms with Gasteiger partial charge in [0.25, 0.3) is 0 Å². The lowest BCUT2D eigenvalue weighted by Gasteiger charge is -2.38. The Morgan fingerprint density at radius 2 is 1.93 bits per heavy atom. The lowest BCUT2D eigenvalue weighted by atomic mass is 9.65. The third kappa shape index (κ3) is 3.25. The van der Waals surface area contributed by atoms with Gasteiger partial charge in [-0.3, -0.25) is 0 Å². The van der Waals surface area contributed by atoms with Gasteiger partial charge in [-0.1, -0.05) is 24.6 Å². The molecule has 1 aromatic heterocycles. The molecule has 1 aliphatic carbocycles. The lowest BCUT2D eigenvalue weighted by Crippen LogP contribution is -2.34. The van der Waals surface area contributed by atoms with Crippen molar-refractivity contribution in [2.45, 2.75) is 50.1 Å². The van der Waals surface area contributed by atoms with E-state index >= 15 is 0 Å². The Morgan fingerprint density at radius 1 is 1.17 bits per heavy atom. The minimum absolute atomic E-state index is 0.170. The van der Waals surface area contributed by atoms with Crippen LogP contribution >= 0.6 is 11.6 Å². The second-order valence-electron chi connectivity index (χ2n) is 8.69. The van der Waals surface area contributed by atoms with Crippen LogP contribution < -0.4 is 4.74 Å². The number of halogens is 4. The minimum Gasteiger partial charge on any atom is -0.492 e. The number of alkyl halides is 3. The number of ether oxygens (including phenoxy) is 1. The number of H-pyrrole nitrogens is 1. The van der Waals surface area contributed by atoms with Crippen LogP contribution in [0, 0.1) is 5.92 Å². The summed E-state index contributed by atoms with van der Waals surface area (Å²) in [5.74, 6) is 2.09. The highest BCUT2D eigenvalue weighted by Gasteiger charge is 2.45. The first kappa shape index (κ1) is 19.7. The van der Waals surface area contributed by atoms with E-state index in [1.54, 1.807) is 6.07 Å². The van der Waals surface area contributed by atoms with Gasteiger partial charge in [-0.25, -0.2) is 4.98 Å². The number of rotatable bonds is 2. The molecule has 2 heterocycles. The first-order chi connectivity index (χ1) is 14.2. The fourth-order valence-corrected chi connectivity index (χ4v) is 5.26. The highest BCUT2D eigenvalue weighted by Crippen LogP contribution is 2.52. The van der Waals surface area contributed by atoms with E-state index in [1.807, 2.05) is 18.2 Å². The Labute approximate surface area is 177 Å². The Morgan fingerprint density at radius 3 is 2.67 bits per heavy atom. The number of imidazole rings is 1. The average molecular weight is 435 g/mol. The van der Waals surface area contributed by atoms with E-state index in [9.17, 15) is 13.2 Å². The van der Waals surface area contributed by atoms with Crippen LogP contribution in [0.5, 0.6) is 5.75 Å². The molecule has 1 N–H and O–H groups in total. The molecule has 1 spiro atoms. The van der Waals surface area contributed by atoms with Crippen LogP contribution in [0.3, 0.4) is 0 Å². The van der Waals surface area contributed by atoms with Gasteiger partial charge in [-0.2, -0.15) is 13.2 Å². The maximum absolute atomic E-state index is 13.0. The summed E-state index contributed by atoms with van der Waals surface area (Å²) in [7, 11) is 0. The zero-order valence-electron chi connectivity index (χ0n) is 16.5. The molecule has 2 aromatic carbocycles. The molecule has 1 atom stereocenters. The van der Waals surface area contributed by atoms with Crippen LogP contribution in [0.25, 0.3) is 11.0 Å². The Hall–Kier alpha value is -2.21. The smallest absolute Gasteiger partial charge is 0.416 e. The van der Waals surface area contributed by atoms with Crippen molar-refractivity contribution in [2.24, 2.45) is 5.92 Å². The Kier molecular flexibility index (Phi) is 4.54. The SMILES string of the molecule is C[C@@H](c1nc2cc(Cl)ccc2[nH]1)[C@H]1CC[C@]2(CC1)COc1cc(C(F)(F)F)ccc12. The van der Waals surface area contributed by atoms with E-state index < -0.39 is 11.7 Å². The van der Waals surface area contributed by atoms with Crippen LogP contribution in [0.2, 0.25) is 5.02 Å². The van der Waals surface area contributed by atoms with E-state index in [1.165, 1.54) is 6.07 Å². The van der Waals surface area contributed by atoms with Gasteiger partial charge < -0.3 is 9.72 Å². The van der Waals surface area contributed by atoms with E-state index in [0.717, 1.165) is 54.2 Å². The Balaban J connectivity index is 1.33. The largest absolute Gasteiger partial charge is 0.492 e. The van der Waals surface area contributed by atoms with Gasteiger partial charge in [0.15, 0.2) is 0 Å². The number of fused-ring (bicyclic) bond motifs is 3. The monoisotopic (exact) mass is 434 g/mol. The van der Waals surface area contributed by atoms with Crippen molar-refractivity contribution >= 4 is 22.6 Å². The quantitative estimate of drug-likeness (QED) is 0.478. The summed E-state index contributed by atoms with van der Waals surface area (Å²) < 4.78 is 44.8. The van der Waals surface area contributed by atoms with Gasteiger partial charge >= 0.3 is 6.18 Å². The van der Waals surface area contributed by atoms with Gasteiger partial charge in [0, 0.05) is 21.9 Å². The second-order valence-corrected chi connectivity index (χ2v) is 9.12. The molecule has 30 heavy (non-hydrogen) atoms. The maximum Gasteiger partial charge on any atom is 0.416 e. The lowest BCUT2D eigenvalue weighted by molar-refractivity contribution is -0.137. The molecule has 2 aliphatic rings. The number of nitrogens with zero attached hydrogens (tertiary/aromatic N) is 1. The van der Waals surface area contributed by atoms with E-state index in [4.69, 9.17) is 21.3 Å². The number of hydrogen-bond acceptors (Lipinski definition) is 2. The van der Waals surface area contributed by atoms with Crippen LogP contribution in [0.4, 0.5) is 13.2 Å². The second kappa shape index (κ2) is 6.91. The van der Waals surface area contributed by atoms with Crippen molar-refractivity contribution in [3.8, 4) is 5.75 Å². The molecule has 0 saturated heterocycles. The molecular weight excluding hydrogens is 413 g/mol. The summed E-state index contributed by atoms with van der Waals surface area (Å²) in [5.41, 5.74) is 1.96. The number of benzene rings is 2. The van der Waals surface area contributed by atoms with E-state index in [0.29, 0.717) is 23.3 Å². The summed E-state index contributed by atoms with van der Waals surface area (Å²) >= 11 is 6.07. The topological polar surface area (TPSA) is 37.9 Å². The molecule has 0 amide bonds. The predicted octanol–water partition coefficient (Wildman–Crippen LogP) is 6.86. The summed E-state index contributed by atoms with van der Waals surface area (Å²) in [5, 5.41) is 0.668. The summed E-state index contributed by atoms with van der Waals surface area (Å²) in [4.78, 5) is 8.15. The molecule has 1 aliphatic heterocycles. The molecule has 1 saturated carbocycles. The fourth-order valence-electron chi connectivity index (χ4n) is 5.09. The van der Waals surface area contributed by atoms with Crippen molar-refractivity contribution in [3.05, 3.63) is 58.4 Å². The first-order valence-corrected chi connectivity index (χ1v) is 10.6. The van der Waals surface area contributed by atoms with Gasteiger partial charge in [-0.05, 0) is 61.9 Å². The zero-order chi connectivity index (χ0) is 21.1. The molecule has 1 fully saturated rings. The standard InChI is InChI=1S/C23H22ClF3N2O/c1-13(21-28-18-5-3-16(24)11-19(18)29-21)14-6-8-22(9-7-14)12-30-20-10-15(23(25,26)27)2-4-17(20)22/h2-5,10-11,13-14H,6-9,12H2,1H3,(H,28,29)/t13-,14-,22-/m1/s1. The van der Waals surface area contributed by atoms with Gasteiger partial charge in [0.05, 0.1) is 23.2 Å². The molecule has 0 bridgehead atoms. The van der Waals surface area contributed by atoms with E-state index in [2.05, 4.69) is 11.9 Å². The predicted molar refractivity (Wildman–Crippen MR) is 110 cm³/mol. The number of aromatic amines is 1. The summed E-state index contributed by atoms with van der Waals surface area (Å²) in [6.45, 7) is 2.66. The third-order valence-electron chi connectivity index (χ3n) is 6.97. The van der Waals surface area contributed by atoms with Gasteiger partial charge in [-0.15, -0.1) is 0 Å². The molecule has 0 unspecified atom stereocenters. The highest BCUT2D eigenvalue weighted by atomic mass is 35.5. The van der Waals surface area contributed by atoms with Gasteiger partial charge in [0.2, 0.25) is 0 Å². The molecule has 7 heteroatoms. The van der Waals surface area contributed by atoms with Crippen LogP contribution in [0.1, 0.15) is 55.5 Å². The van der Waals surface area contributed by atoms with Crippen LogP contribution in [-0.4, -0.2) is 16.6 Å². The van der Waals surface area contributed by atoms with E-state index in [-0.39, 0.29) is 11.3 Å². The minimum atomic E-state index is -4.35. The van der Waals surface area contributed by atoms with Crippen molar-refractivity contribution in [1.29, 1.82) is 0 Å². The first-order valence-electron chi connectivity index (χ1n) is 10.2. The highest BCUT2D eigenvalue weighted by molar-refractivity contribution is 6.31. The molecule has 5 rings (SSSR count). The van der Waals surface area contributed by atoms with Crippen LogP contribution in [-0.2, 0) is 11.6 Å². The molecular formula is C23H22ClF3N2O. The number of nitrogens with one attached hydrogen (secondary N) is 1. The van der Waals surface area contributed by atoms with Crippen molar-refractivity contribution in [1.82, 2.24) is 9.97 Å². The number of aromatic nitrogens is 2. The van der Waals surface area contributed by atoms with Crippen molar-refractivity contribution < 1.29 is 17.9 Å². The van der Waals surface area contributed by atoms with Crippen molar-refractivity contribution in [3.63, 3.8) is 0 Å². The molecule has 158 valence electrons. The summed E-state index contributed by atoms with van der Waals surface area (Å²) in [6, 6.07) is 9.61. The average Bonchev–Trinajstić information content (AvgIpc) is 3.29. The summed E-state index contributed by atoms with van der Waals surface area (Å²) in [6.07, 6.45) is -0.553. The molecule has 3 nitrogen and oxygen atoms in total. The van der Waals surface area contributed by atoms with Crippen molar-refractivity contribution in [2.75, 3.05) is 6.61 Å². The number of hydrogen-bond donors (Lipinski definition) is 1. The third-order valence-corrected chi connectivity index (χ3v) is 7.21. The van der Waals surface area contributed by atoms with Gasteiger partial charge in [0.1, 0.15) is 11.6 Å². The Bertz CT molecular complexity index is 1100. The normalized spacial score (nSPS) is 24.8. The zero-order valence-corrected chi connectivity index (χ0v) is 17.3. The molecule has 0 radical (unpaired) electrons. The van der Waals surface area contributed by atoms with Crippen LogP contribution in [0.15, 0.2) is 36.4 Å².